The molecule has 0 aromatic carbocycles. The minimum Gasteiger partial charge on any atom is -0.382 e. The fourth-order valence-corrected chi connectivity index (χ4v) is 1.74. The van der Waals surface area contributed by atoms with Crippen LogP contribution in [-0.2, 0) is 0 Å². The number of allylic oxidation sites excluding steroid dienone is 1. The van der Waals surface area contributed by atoms with Crippen LogP contribution in [0, 0.1) is 5.92 Å². The first-order valence-electron chi connectivity index (χ1n) is 5.92. The SMILES string of the molecule is CC(C)NCC1=C(C(C)C)NC(C)C=C1. The van der Waals surface area contributed by atoms with Gasteiger partial charge in [-0.05, 0) is 18.4 Å². The molecule has 1 aliphatic rings. The molecule has 0 aliphatic carbocycles. The average Bonchev–Trinajstić information content (AvgIpc) is 2.15. The largest absolute Gasteiger partial charge is 0.382 e. The summed E-state index contributed by atoms with van der Waals surface area (Å²) >= 11 is 0. The molecule has 2 N–H and O–H groups in total. The Morgan fingerprint density at radius 3 is 2.53 bits per heavy atom. The molecule has 0 saturated carbocycles. The highest BCUT2D eigenvalue weighted by Gasteiger charge is 2.14. The number of hydrogen-bond donors (Lipinski definition) is 2. The molecule has 1 aliphatic heterocycles. The molecule has 15 heavy (non-hydrogen) atoms. The summed E-state index contributed by atoms with van der Waals surface area (Å²) in [7, 11) is 0. The van der Waals surface area contributed by atoms with Gasteiger partial charge in [0, 0.05) is 24.3 Å². The number of hydrogen-bond acceptors (Lipinski definition) is 2. The molecule has 1 rings (SSSR count). The zero-order chi connectivity index (χ0) is 11.4. The Morgan fingerprint density at radius 1 is 1.33 bits per heavy atom. The van der Waals surface area contributed by atoms with Crippen molar-refractivity contribution in [2.45, 2.75) is 46.7 Å². The van der Waals surface area contributed by atoms with E-state index in [1.165, 1.54) is 11.3 Å². The molecule has 1 atom stereocenters. The zero-order valence-corrected chi connectivity index (χ0v) is 10.6. The van der Waals surface area contributed by atoms with Crippen molar-refractivity contribution in [3.63, 3.8) is 0 Å². The Kier molecular flexibility index (Phi) is 4.40. The monoisotopic (exact) mass is 208 g/mol. The average molecular weight is 208 g/mol. The van der Waals surface area contributed by atoms with Crippen molar-refractivity contribution in [1.82, 2.24) is 10.6 Å². The standard InChI is InChI=1S/C13H24N2/c1-9(2)13-12(8-14-10(3)4)7-6-11(5)15-13/h6-7,9-11,14-15H,8H2,1-5H3. The molecule has 0 spiro atoms. The van der Waals surface area contributed by atoms with Crippen LogP contribution in [0.5, 0.6) is 0 Å². The minimum atomic E-state index is 0.463. The summed E-state index contributed by atoms with van der Waals surface area (Å²) in [5, 5.41) is 7.01. The van der Waals surface area contributed by atoms with Gasteiger partial charge < -0.3 is 10.6 Å². The highest BCUT2D eigenvalue weighted by molar-refractivity contribution is 5.32. The molecule has 0 amide bonds. The van der Waals surface area contributed by atoms with E-state index in [-0.39, 0.29) is 0 Å². The maximum absolute atomic E-state index is 3.54. The van der Waals surface area contributed by atoms with Crippen molar-refractivity contribution < 1.29 is 0 Å². The van der Waals surface area contributed by atoms with Crippen molar-refractivity contribution in [2.24, 2.45) is 5.92 Å². The molecule has 0 saturated heterocycles. The quantitative estimate of drug-likeness (QED) is 0.741. The summed E-state index contributed by atoms with van der Waals surface area (Å²) < 4.78 is 0. The van der Waals surface area contributed by atoms with Crippen molar-refractivity contribution in [3.8, 4) is 0 Å². The third kappa shape index (κ3) is 3.71. The van der Waals surface area contributed by atoms with Gasteiger partial charge in [-0.3, -0.25) is 0 Å². The summed E-state index contributed by atoms with van der Waals surface area (Å²) in [4.78, 5) is 0. The topological polar surface area (TPSA) is 24.1 Å². The lowest BCUT2D eigenvalue weighted by Gasteiger charge is -2.26. The lowest BCUT2D eigenvalue weighted by atomic mass is 9.99. The number of dihydropyridines is 1. The highest BCUT2D eigenvalue weighted by Crippen LogP contribution is 2.17. The van der Waals surface area contributed by atoms with E-state index in [0.717, 1.165) is 6.54 Å². The molecule has 86 valence electrons. The van der Waals surface area contributed by atoms with Gasteiger partial charge >= 0.3 is 0 Å². The van der Waals surface area contributed by atoms with Gasteiger partial charge in [0.1, 0.15) is 0 Å². The minimum absolute atomic E-state index is 0.463. The predicted octanol–water partition coefficient (Wildman–Crippen LogP) is 2.44. The summed E-state index contributed by atoms with van der Waals surface area (Å²) in [6, 6.07) is 1.00. The Bertz CT molecular complexity index is 262. The van der Waals surface area contributed by atoms with E-state index >= 15 is 0 Å². The second-order valence-electron chi connectivity index (χ2n) is 4.92. The smallest absolute Gasteiger partial charge is 0.0416 e. The molecule has 1 heterocycles. The fourth-order valence-electron chi connectivity index (χ4n) is 1.74. The second-order valence-corrected chi connectivity index (χ2v) is 4.92. The van der Waals surface area contributed by atoms with Crippen molar-refractivity contribution >= 4 is 0 Å². The van der Waals surface area contributed by atoms with E-state index in [9.17, 15) is 0 Å². The lowest BCUT2D eigenvalue weighted by molar-refractivity contribution is 0.575. The van der Waals surface area contributed by atoms with Crippen molar-refractivity contribution in [1.29, 1.82) is 0 Å². The van der Waals surface area contributed by atoms with E-state index < -0.39 is 0 Å². The van der Waals surface area contributed by atoms with Crippen LogP contribution in [0.4, 0.5) is 0 Å². The van der Waals surface area contributed by atoms with Crippen LogP contribution in [0.15, 0.2) is 23.4 Å². The molecule has 2 nitrogen and oxygen atoms in total. The molecular formula is C13H24N2. The number of nitrogens with one attached hydrogen (secondary N) is 2. The lowest BCUT2D eigenvalue weighted by Crippen LogP contribution is -2.33. The first-order chi connectivity index (χ1) is 7.00. The van der Waals surface area contributed by atoms with E-state index in [4.69, 9.17) is 0 Å². The normalized spacial score (nSPS) is 21.4. The molecule has 0 aromatic heterocycles. The van der Waals surface area contributed by atoms with Crippen LogP contribution in [0.3, 0.4) is 0 Å². The third-order valence-electron chi connectivity index (χ3n) is 2.59. The van der Waals surface area contributed by atoms with Crippen LogP contribution in [0.2, 0.25) is 0 Å². The predicted molar refractivity (Wildman–Crippen MR) is 66.7 cm³/mol. The number of rotatable bonds is 4. The third-order valence-corrected chi connectivity index (χ3v) is 2.59. The Labute approximate surface area is 93.8 Å². The fraction of sp³-hybridized carbons (Fsp3) is 0.692. The van der Waals surface area contributed by atoms with E-state index in [2.05, 4.69) is 57.4 Å². The highest BCUT2D eigenvalue weighted by atomic mass is 14.9. The molecule has 2 heteroatoms. The van der Waals surface area contributed by atoms with Crippen LogP contribution in [0.1, 0.15) is 34.6 Å². The maximum Gasteiger partial charge on any atom is 0.0416 e. The van der Waals surface area contributed by atoms with Crippen molar-refractivity contribution in [2.75, 3.05) is 6.54 Å². The van der Waals surface area contributed by atoms with Gasteiger partial charge in [-0.1, -0.05) is 39.8 Å². The van der Waals surface area contributed by atoms with E-state index in [1.54, 1.807) is 0 Å². The Hall–Kier alpha value is -0.760. The van der Waals surface area contributed by atoms with Crippen LogP contribution in [0.25, 0.3) is 0 Å². The van der Waals surface area contributed by atoms with Gasteiger partial charge in [0.2, 0.25) is 0 Å². The maximum atomic E-state index is 3.54. The van der Waals surface area contributed by atoms with Gasteiger partial charge in [-0.25, -0.2) is 0 Å². The van der Waals surface area contributed by atoms with Gasteiger partial charge in [0.05, 0.1) is 0 Å². The summed E-state index contributed by atoms with van der Waals surface area (Å²) in [5.74, 6) is 0.571. The zero-order valence-electron chi connectivity index (χ0n) is 10.6. The van der Waals surface area contributed by atoms with Gasteiger partial charge in [-0.2, -0.15) is 0 Å². The molecule has 0 radical (unpaired) electrons. The molecule has 1 unspecified atom stereocenters. The van der Waals surface area contributed by atoms with E-state index in [1.807, 2.05) is 0 Å². The first kappa shape index (κ1) is 12.3. The Balaban J connectivity index is 2.71. The molecule has 0 fully saturated rings. The molecular weight excluding hydrogens is 184 g/mol. The summed E-state index contributed by atoms with van der Waals surface area (Å²) in [5.41, 5.74) is 2.79. The van der Waals surface area contributed by atoms with Crippen LogP contribution in [-0.4, -0.2) is 18.6 Å². The van der Waals surface area contributed by atoms with Crippen LogP contribution >= 0.6 is 0 Å². The van der Waals surface area contributed by atoms with E-state index in [0.29, 0.717) is 18.0 Å². The van der Waals surface area contributed by atoms with Gasteiger partial charge in [0.15, 0.2) is 0 Å². The van der Waals surface area contributed by atoms with Gasteiger partial charge in [0.25, 0.3) is 0 Å². The first-order valence-corrected chi connectivity index (χ1v) is 5.92. The molecule has 0 aromatic rings. The van der Waals surface area contributed by atoms with Crippen molar-refractivity contribution in [3.05, 3.63) is 23.4 Å². The molecule has 0 bridgehead atoms. The Morgan fingerprint density at radius 2 is 2.00 bits per heavy atom. The van der Waals surface area contributed by atoms with Gasteiger partial charge in [-0.15, -0.1) is 0 Å². The van der Waals surface area contributed by atoms with Crippen LogP contribution < -0.4 is 10.6 Å². The second kappa shape index (κ2) is 5.36. The summed E-state index contributed by atoms with van der Waals surface area (Å²) in [6.07, 6.45) is 4.48. The summed E-state index contributed by atoms with van der Waals surface area (Å²) in [6.45, 7) is 12.0.